The van der Waals surface area contributed by atoms with Gasteiger partial charge in [0, 0.05) is 22.2 Å². The van der Waals surface area contributed by atoms with Gasteiger partial charge in [-0.15, -0.1) is 0 Å². The Morgan fingerprint density at radius 1 is 1.53 bits per heavy atom. The van der Waals surface area contributed by atoms with E-state index in [0.29, 0.717) is 0 Å². The lowest BCUT2D eigenvalue weighted by Crippen LogP contribution is -2.43. The van der Waals surface area contributed by atoms with Crippen molar-refractivity contribution in [2.24, 2.45) is 11.7 Å². The summed E-state index contributed by atoms with van der Waals surface area (Å²) in [6.45, 7) is 2.99. The maximum Gasteiger partial charge on any atom is 0.0498 e. The normalized spacial score (nSPS) is 28.3. The third-order valence-electron chi connectivity index (χ3n) is 3.91. The highest BCUT2D eigenvalue weighted by molar-refractivity contribution is 9.10. The van der Waals surface area contributed by atoms with Crippen molar-refractivity contribution in [1.29, 1.82) is 0 Å². The van der Waals surface area contributed by atoms with Crippen molar-refractivity contribution in [3.8, 4) is 0 Å². The molecule has 0 spiro atoms. The highest BCUT2D eigenvalue weighted by atomic mass is 79.9. The SMILES string of the molecule is CCC1CCC(CN)(Nc2cccc(Br)c2)C1. The minimum absolute atomic E-state index is 0.113. The Morgan fingerprint density at radius 3 is 2.94 bits per heavy atom. The quantitative estimate of drug-likeness (QED) is 0.888. The summed E-state index contributed by atoms with van der Waals surface area (Å²) in [5.41, 5.74) is 7.28. The molecule has 2 unspecified atom stereocenters. The predicted octanol–water partition coefficient (Wildman–Crippen LogP) is 3.77. The maximum absolute atomic E-state index is 6.00. The van der Waals surface area contributed by atoms with Gasteiger partial charge in [0.15, 0.2) is 0 Å². The molecular formula is C14H21BrN2. The van der Waals surface area contributed by atoms with Gasteiger partial charge in [0.25, 0.3) is 0 Å². The van der Waals surface area contributed by atoms with Crippen molar-refractivity contribution < 1.29 is 0 Å². The van der Waals surface area contributed by atoms with E-state index in [0.717, 1.165) is 16.9 Å². The average molecular weight is 297 g/mol. The Labute approximate surface area is 112 Å². The summed E-state index contributed by atoms with van der Waals surface area (Å²) in [6.07, 6.45) is 4.96. The van der Waals surface area contributed by atoms with Gasteiger partial charge in [-0.2, -0.15) is 0 Å². The van der Waals surface area contributed by atoms with Crippen LogP contribution in [-0.4, -0.2) is 12.1 Å². The van der Waals surface area contributed by atoms with Crippen LogP contribution in [0.5, 0.6) is 0 Å². The lowest BCUT2D eigenvalue weighted by molar-refractivity contribution is 0.449. The number of hydrogen-bond acceptors (Lipinski definition) is 2. The molecule has 0 aromatic heterocycles. The van der Waals surface area contributed by atoms with Gasteiger partial charge in [0.2, 0.25) is 0 Å². The predicted molar refractivity (Wildman–Crippen MR) is 77.2 cm³/mol. The maximum atomic E-state index is 6.00. The summed E-state index contributed by atoms with van der Waals surface area (Å²) in [7, 11) is 0. The Kier molecular flexibility index (Phi) is 4.10. The lowest BCUT2D eigenvalue weighted by atomic mass is 9.94. The van der Waals surface area contributed by atoms with Gasteiger partial charge in [-0.3, -0.25) is 0 Å². The molecule has 0 radical (unpaired) electrons. The molecule has 3 heteroatoms. The molecule has 1 saturated carbocycles. The van der Waals surface area contributed by atoms with Crippen LogP contribution in [0.1, 0.15) is 32.6 Å². The second kappa shape index (κ2) is 5.40. The molecule has 0 saturated heterocycles. The van der Waals surface area contributed by atoms with Gasteiger partial charge < -0.3 is 11.1 Å². The second-order valence-corrected chi connectivity index (χ2v) is 6.05. The van der Waals surface area contributed by atoms with E-state index in [9.17, 15) is 0 Å². The molecule has 17 heavy (non-hydrogen) atoms. The number of benzene rings is 1. The van der Waals surface area contributed by atoms with Crippen molar-refractivity contribution >= 4 is 21.6 Å². The van der Waals surface area contributed by atoms with Crippen LogP contribution < -0.4 is 11.1 Å². The molecule has 0 bridgehead atoms. The van der Waals surface area contributed by atoms with Crippen LogP contribution in [0.4, 0.5) is 5.69 Å². The molecule has 1 aliphatic rings. The summed E-state index contributed by atoms with van der Waals surface area (Å²) in [6, 6.07) is 8.34. The monoisotopic (exact) mass is 296 g/mol. The van der Waals surface area contributed by atoms with Gasteiger partial charge in [-0.1, -0.05) is 35.3 Å². The highest BCUT2D eigenvalue weighted by Crippen LogP contribution is 2.38. The van der Waals surface area contributed by atoms with Gasteiger partial charge in [0.05, 0.1) is 0 Å². The Hall–Kier alpha value is -0.540. The van der Waals surface area contributed by atoms with Crippen LogP contribution in [0.2, 0.25) is 0 Å². The minimum atomic E-state index is 0.113. The standard InChI is InChI=1S/C14H21BrN2/c1-2-11-6-7-14(9-11,10-16)17-13-5-3-4-12(15)8-13/h3-5,8,11,17H,2,6-7,9-10,16H2,1H3. The first-order valence-corrected chi connectivity index (χ1v) is 7.20. The van der Waals surface area contributed by atoms with Crippen molar-refractivity contribution in [3.05, 3.63) is 28.7 Å². The number of hydrogen-bond donors (Lipinski definition) is 2. The zero-order valence-corrected chi connectivity index (χ0v) is 12.0. The first kappa shape index (κ1) is 12.9. The molecule has 2 rings (SSSR count). The van der Waals surface area contributed by atoms with E-state index in [1.807, 2.05) is 6.07 Å². The number of nitrogens with two attached hydrogens (primary N) is 1. The van der Waals surface area contributed by atoms with Crippen LogP contribution in [0.25, 0.3) is 0 Å². The Morgan fingerprint density at radius 2 is 2.35 bits per heavy atom. The topological polar surface area (TPSA) is 38.0 Å². The van der Waals surface area contributed by atoms with Crippen LogP contribution in [0.3, 0.4) is 0 Å². The molecular weight excluding hydrogens is 276 g/mol. The number of halogens is 1. The van der Waals surface area contributed by atoms with E-state index in [-0.39, 0.29) is 5.54 Å². The van der Waals surface area contributed by atoms with Gasteiger partial charge in [0.1, 0.15) is 0 Å². The Balaban J connectivity index is 2.10. The fraction of sp³-hybridized carbons (Fsp3) is 0.571. The van der Waals surface area contributed by atoms with Crippen LogP contribution in [-0.2, 0) is 0 Å². The highest BCUT2D eigenvalue weighted by Gasteiger charge is 2.37. The molecule has 1 fully saturated rings. The van der Waals surface area contributed by atoms with E-state index in [4.69, 9.17) is 5.73 Å². The van der Waals surface area contributed by atoms with Crippen molar-refractivity contribution in [2.75, 3.05) is 11.9 Å². The van der Waals surface area contributed by atoms with Gasteiger partial charge >= 0.3 is 0 Å². The molecule has 2 nitrogen and oxygen atoms in total. The fourth-order valence-electron chi connectivity index (χ4n) is 2.81. The zero-order chi connectivity index (χ0) is 12.3. The molecule has 1 aliphatic carbocycles. The molecule has 94 valence electrons. The van der Waals surface area contributed by atoms with Crippen LogP contribution >= 0.6 is 15.9 Å². The fourth-order valence-corrected chi connectivity index (χ4v) is 3.21. The van der Waals surface area contributed by atoms with Gasteiger partial charge in [-0.05, 0) is 43.4 Å². The molecule has 3 N–H and O–H groups in total. The Bertz CT molecular complexity index is 380. The molecule has 1 aromatic carbocycles. The number of anilines is 1. The van der Waals surface area contributed by atoms with E-state index in [2.05, 4.69) is 46.4 Å². The average Bonchev–Trinajstić information content (AvgIpc) is 2.73. The van der Waals surface area contributed by atoms with Crippen LogP contribution in [0.15, 0.2) is 28.7 Å². The van der Waals surface area contributed by atoms with Gasteiger partial charge in [-0.25, -0.2) is 0 Å². The summed E-state index contributed by atoms with van der Waals surface area (Å²) in [4.78, 5) is 0. The smallest absolute Gasteiger partial charge is 0.0498 e. The molecule has 2 atom stereocenters. The largest absolute Gasteiger partial charge is 0.378 e. The summed E-state index contributed by atoms with van der Waals surface area (Å²) < 4.78 is 1.11. The van der Waals surface area contributed by atoms with Crippen LogP contribution in [0, 0.1) is 5.92 Å². The second-order valence-electron chi connectivity index (χ2n) is 5.14. The zero-order valence-electron chi connectivity index (χ0n) is 10.4. The van der Waals surface area contributed by atoms with E-state index in [1.165, 1.54) is 31.4 Å². The minimum Gasteiger partial charge on any atom is -0.378 e. The third kappa shape index (κ3) is 3.02. The molecule has 0 heterocycles. The van der Waals surface area contributed by atoms with E-state index < -0.39 is 0 Å². The van der Waals surface area contributed by atoms with Crippen molar-refractivity contribution in [1.82, 2.24) is 0 Å². The molecule has 1 aromatic rings. The first-order valence-electron chi connectivity index (χ1n) is 6.41. The first-order chi connectivity index (χ1) is 8.17. The van der Waals surface area contributed by atoms with Crippen molar-refractivity contribution in [3.63, 3.8) is 0 Å². The van der Waals surface area contributed by atoms with E-state index >= 15 is 0 Å². The number of rotatable bonds is 4. The lowest BCUT2D eigenvalue weighted by Gasteiger charge is -2.30. The summed E-state index contributed by atoms with van der Waals surface area (Å²) in [5.74, 6) is 0.832. The molecule has 0 amide bonds. The molecule has 0 aliphatic heterocycles. The van der Waals surface area contributed by atoms with Crippen molar-refractivity contribution in [2.45, 2.75) is 38.1 Å². The number of nitrogens with one attached hydrogen (secondary N) is 1. The summed E-state index contributed by atoms with van der Waals surface area (Å²) >= 11 is 3.51. The third-order valence-corrected chi connectivity index (χ3v) is 4.41. The van der Waals surface area contributed by atoms with E-state index in [1.54, 1.807) is 0 Å². The summed E-state index contributed by atoms with van der Waals surface area (Å²) in [5, 5.41) is 3.65.